The van der Waals surface area contributed by atoms with Gasteiger partial charge < -0.3 is 9.84 Å². The predicted octanol–water partition coefficient (Wildman–Crippen LogP) is 5.62. The Balaban J connectivity index is 3.93. The molecule has 0 heterocycles. The fraction of sp³-hybridized carbons (Fsp3) is 0.600. The zero-order valence-corrected chi connectivity index (χ0v) is 16.1. The van der Waals surface area contributed by atoms with Crippen molar-refractivity contribution >= 4 is 5.57 Å². The van der Waals surface area contributed by atoms with Crippen molar-refractivity contribution in [1.82, 2.24) is 0 Å². The Bertz CT molecular complexity index is 630. The third-order valence-electron chi connectivity index (χ3n) is 3.94. The SMILES string of the molecule is CCOc1c(/C(=C\CO)C(F)(F)F)cc(C(C)(C)C)cc1C(C)(C)C. The number of benzene rings is 1. The van der Waals surface area contributed by atoms with E-state index in [9.17, 15) is 13.2 Å². The molecule has 0 radical (unpaired) electrons. The second-order valence-electron chi connectivity index (χ2n) is 8.13. The molecule has 0 saturated heterocycles. The van der Waals surface area contributed by atoms with E-state index in [0.29, 0.717) is 0 Å². The lowest BCUT2D eigenvalue weighted by Crippen LogP contribution is -2.21. The Labute approximate surface area is 148 Å². The summed E-state index contributed by atoms with van der Waals surface area (Å²) < 4.78 is 46.6. The molecule has 0 fully saturated rings. The summed E-state index contributed by atoms with van der Waals surface area (Å²) in [5, 5.41) is 9.12. The van der Waals surface area contributed by atoms with Crippen LogP contribution in [0.4, 0.5) is 13.2 Å². The van der Waals surface area contributed by atoms with Gasteiger partial charge in [0.15, 0.2) is 0 Å². The number of hydrogen-bond donors (Lipinski definition) is 1. The molecule has 1 N–H and O–H groups in total. The second-order valence-corrected chi connectivity index (χ2v) is 8.13. The number of hydrogen-bond acceptors (Lipinski definition) is 2. The molecule has 2 nitrogen and oxygen atoms in total. The first-order chi connectivity index (χ1) is 11.2. The van der Waals surface area contributed by atoms with E-state index in [4.69, 9.17) is 9.84 Å². The Morgan fingerprint density at radius 3 is 1.96 bits per heavy atom. The maximum Gasteiger partial charge on any atom is 0.416 e. The molecule has 0 aliphatic rings. The normalized spacial score (nSPS) is 14.0. The number of rotatable bonds is 4. The maximum absolute atomic E-state index is 13.6. The monoisotopic (exact) mass is 358 g/mol. The minimum absolute atomic E-state index is 0.0132. The molecule has 0 atom stereocenters. The molecule has 142 valence electrons. The lowest BCUT2D eigenvalue weighted by molar-refractivity contribution is -0.0693. The van der Waals surface area contributed by atoms with E-state index in [-0.39, 0.29) is 23.3 Å². The molecular weight excluding hydrogens is 329 g/mol. The number of aliphatic hydroxyl groups is 1. The Kier molecular flexibility index (Phi) is 6.38. The van der Waals surface area contributed by atoms with Gasteiger partial charge in [0.2, 0.25) is 0 Å². The first-order valence-corrected chi connectivity index (χ1v) is 8.43. The van der Waals surface area contributed by atoms with Crippen molar-refractivity contribution in [3.63, 3.8) is 0 Å². The van der Waals surface area contributed by atoms with Crippen molar-refractivity contribution in [3.05, 3.63) is 34.9 Å². The van der Waals surface area contributed by atoms with Crippen LogP contribution < -0.4 is 4.74 Å². The van der Waals surface area contributed by atoms with Gasteiger partial charge in [-0.05, 0) is 35.5 Å². The van der Waals surface area contributed by atoms with Gasteiger partial charge in [0, 0.05) is 11.1 Å². The van der Waals surface area contributed by atoms with Crippen LogP contribution in [0.3, 0.4) is 0 Å². The van der Waals surface area contributed by atoms with Crippen molar-refractivity contribution in [3.8, 4) is 5.75 Å². The van der Waals surface area contributed by atoms with Gasteiger partial charge >= 0.3 is 6.18 Å². The Morgan fingerprint density at radius 1 is 1.04 bits per heavy atom. The van der Waals surface area contributed by atoms with E-state index in [0.717, 1.165) is 17.2 Å². The van der Waals surface area contributed by atoms with Gasteiger partial charge in [-0.2, -0.15) is 13.2 Å². The van der Waals surface area contributed by atoms with Crippen molar-refractivity contribution in [1.29, 1.82) is 0 Å². The minimum Gasteiger partial charge on any atom is -0.493 e. The van der Waals surface area contributed by atoms with E-state index in [1.54, 1.807) is 6.92 Å². The van der Waals surface area contributed by atoms with Gasteiger partial charge in [-0.15, -0.1) is 0 Å². The van der Waals surface area contributed by atoms with Crippen LogP contribution in [0, 0.1) is 0 Å². The zero-order valence-electron chi connectivity index (χ0n) is 16.1. The maximum atomic E-state index is 13.6. The van der Waals surface area contributed by atoms with Crippen LogP contribution in [0.1, 0.15) is 65.2 Å². The summed E-state index contributed by atoms with van der Waals surface area (Å²) in [5.74, 6) is 0.236. The first-order valence-electron chi connectivity index (χ1n) is 8.43. The van der Waals surface area contributed by atoms with Crippen LogP contribution in [0.25, 0.3) is 5.57 Å². The molecule has 0 unspecified atom stereocenters. The third kappa shape index (κ3) is 5.24. The van der Waals surface area contributed by atoms with Gasteiger partial charge in [0.05, 0.1) is 18.8 Å². The van der Waals surface area contributed by atoms with Gasteiger partial charge in [-0.3, -0.25) is 0 Å². The van der Waals surface area contributed by atoms with Gasteiger partial charge in [-0.25, -0.2) is 0 Å². The van der Waals surface area contributed by atoms with E-state index in [1.807, 2.05) is 47.6 Å². The number of aliphatic hydroxyl groups excluding tert-OH is 1. The summed E-state index contributed by atoms with van der Waals surface area (Å²) in [7, 11) is 0. The average Bonchev–Trinajstić information content (AvgIpc) is 2.41. The molecule has 0 amide bonds. The highest BCUT2D eigenvalue weighted by Gasteiger charge is 2.38. The van der Waals surface area contributed by atoms with Crippen molar-refractivity contribution < 1.29 is 23.0 Å². The first kappa shape index (κ1) is 21.6. The molecule has 0 aromatic heterocycles. The molecule has 0 spiro atoms. The van der Waals surface area contributed by atoms with Crippen LogP contribution in [-0.4, -0.2) is 24.5 Å². The Hall–Kier alpha value is -1.49. The molecule has 0 aliphatic carbocycles. The number of allylic oxidation sites excluding steroid dienone is 1. The fourth-order valence-electron chi connectivity index (χ4n) is 2.59. The summed E-state index contributed by atoms with van der Waals surface area (Å²) in [6.07, 6.45) is -3.78. The van der Waals surface area contributed by atoms with E-state index < -0.39 is 23.8 Å². The molecule has 25 heavy (non-hydrogen) atoms. The van der Waals surface area contributed by atoms with Crippen molar-refractivity contribution in [2.75, 3.05) is 13.2 Å². The van der Waals surface area contributed by atoms with E-state index in [1.165, 1.54) is 6.07 Å². The smallest absolute Gasteiger partial charge is 0.416 e. The second kappa shape index (κ2) is 7.40. The molecule has 0 saturated carbocycles. The lowest BCUT2D eigenvalue weighted by Gasteiger charge is -2.30. The molecule has 0 bridgehead atoms. The molecule has 5 heteroatoms. The molecule has 1 aromatic rings. The summed E-state index contributed by atoms with van der Waals surface area (Å²) in [6.45, 7) is 13.0. The molecule has 1 aromatic carbocycles. The predicted molar refractivity (Wildman–Crippen MR) is 96.1 cm³/mol. The van der Waals surface area contributed by atoms with Crippen LogP contribution in [0.5, 0.6) is 5.75 Å². The highest BCUT2D eigenvalue weighted by molar-refractivity contribution is 5.76. The Morgan fingerprint density at radius 2 is 1.60 bits per heavy atom. The van der Waals surface area contributed by atoms with Gasteiger partial charge in [-0.1, -0.05) is 47.6 Å². The number of ether oxygens (including phenoxy) is 1. The van der Waals surface area contributed by atoms with Gasteiger partial charge in [0.1, 0.15) is 5.75 Å². The quantitative estimate of drug-likeness (QED) is 0.757. The molecule has 1 rings (SSSR count). The fourth-order valence-corrected chi connectivity index (χ4v) is 2.59. The third-order valence-corrected chi connectivity index (χ3v) is 3.94. The lowest BCUT2D eigenvalue weighted by atomic mass is 9.78. The molecular formula is C20H29F3O2. The van der Waals surface area contributed by atoms with E-state index in [2.05, 4.69) is 0 Å². The van der Waals surface area contributed by atoms with Crippen LogP contribution in [0.15, 0.2) is 18.2 Å². The van der Waals surface area contributed by atoms with Crippen molar-refractivity contribution in [2.45, 2.75) is 65.5 Å². The summed E-state index contributed by atoms with van der Waals surface area (Å²) >= 11 is 0. The summed E-state index contributed by atoms with van der Waals surface area (Å²) in [4.78, 5) is 0. The molecule has 0 aliphatic heterocycles. The van der Waals surface area contributed by atoms with Crippen LogP contribution >= 0.6 is 0 Å². The largest absolute Gasteiger partial charge is 0.493 e. The van der Waals surface area contributed by atoms with Crippen LogP contribution in [-0.2, 0) is 10.8 Å². The summed E-state index contributed by atoms with van der Waals surface area (Å²) in [6, 6.07) is 3.47. The number of alkyl halides is 3. The zero-order chi connectivity index (χ0) is 19.6. The van der Waals surface area contributed by atoms with Gasteiger partial charge in [0.25, 0.3) is 0 Å². The topological polar surface area (TPSA) is 29.5 Å². The van der Waals surface area contributed by atoms with Crippen molar-refractivity contribution in [2.24, 2.45) is 0 Å². The summed E-state index contributed by atoms with van der Waals surface area (Å²) in [5.41, 5.74) is -0.0732. The average molecular weight is 358 g/mol. The van der Waals surface area contributed by atoms with Crippen LogP contribution in [0.2, 0.25) is 0 Å². The number of halogens is 3. The standard InChI is InChI=1S/C20H29F3O2/c1-8-25-17-14(15(9-10-24)20(21,22)23)11-13(18(2,3)4)12-16(17)19(5,6)7/h9,11-12,24H,8,10H2,1-7H3/b15-9+. The highest BCUT2D eigenvalue weighted by Crippen LogP contribution is 2.45. The van der Waals surface area contributed by atoms with E-state index >= 15 is 0 Å². The minimum atomic E-state index is -4.58. The highest BCUT2D eigenvalue weighted by atomic mass is 19.4.